The number of tetrazole rings is 1. The van der Waals surface area contributed by atoms with Crippen LogP contribution in [0.25, 0.3) is 11.4 Å². The van der Waals surface area contributed by atoms with Crippen LogP contribution < -0.4 is 10.5 Å². The number of rotatable bonds is 7. The molecule has 0 atom stereocenters. The number of ether oxygens (including phenoxy) is 2. The molecule has 0 aliphatic carbocycles. The van der Waals surface area contributed by atoms with Crippen molar-refractivity contribution in [3.05, 3.63) is 18.2 Å². The summed E-state index contributed by atoms with van der Waals surface area (Å²) in [6.45, 7) is 1.49. The van der Waals surface area contributed by atoms with Gasteiger partial charge in [-0.3, -0.25) is 0 Å². The van der Waals surface area contributed by atoms with E-state index < -0.39 is 0 Å². The summed E-state index contributed by atoms with van der Waals surface area (Å²) in [6.07, 6.45) is 1.93. The quantitative estimate of drug-likeness (QED) is 0.607. The van der Waals surface area contributed by atoms with Crippen LogP contribution in [0.2, 0.25) is 0 Å². The second kappa shape index (κ2) is 6.85. The summed E-state index contributed by atoms with van der Waals surface area (Å²) in [5.74, 6) is 1.33. The van der Waals surface area contributed by atoms with E-state index in [1.165, 1.54) is 0 Å². The molecule has 0 saturated heterocycles. The smallest absolute Gasteiger partial charge is 0.182 e. The third-order valence-corrected chi connectivity index (χ3v) is 2.99. The molecule has 20 heavy (non-hydrogen) atoms. The summed E-state index contributed by atoms with van der Waals surface area (Å²) in [5.41, 5.74) is 7.28. The second-order valence-corrected chi connectivity index (χ2v) is 4.38. The molecule has 0 spiro atoms. The molecular weight excluding hydrogens is 258 g/mol. The molecule has 7 heteroatoms. The summed E-state index contributed by atoms with van der Waals surface area (Å²) >= 11 is 0. The van der Waals surface area contributed by atoms with Crippen LogP contribution in [-0.2, 0) is 11.3 Å². The van der Waals surface area contributed by atoms with Crippen molar-refractivity contribution >= 4 is 5.69 Å². The fourth-order valence-corrected chi connectivity index (χ4v) is 1.92. The molecule has 7 nitrogen and oxygen atoms in total. The Morgan fingerprint density at radius 3 is 2.85 bits per heavy atom. The Morgan fingerprint density at radius 1 is 1.25 bits per heavy atom. The Morgan fingerprint density at radius 2 is 2.10 bits per heavy atom. The monoisotopic (exact) mass is 277 g/mol. The zero-order valence-electron chi connectivity index (χ0n) is 11.7. The highest BCUT2D eigenvalue weighted by molar-refractivity contribution is 5.65. The van der Waals surface area contributed by atoms with Crippen LogP contribution in [-0.4, -0.2) is 41.0 Å². The molecule has 0 aliphatic heterocycles. The molecule has 108 valence electrons. The summed E-state index contributed by atoms with van der Waals surface area (Å²) in [6, 6.07) is 5.51. The lowest BCUT2D eigenvalue weighted by Gasteiger charge is -2.08. The van der Waals surface area contributed by atoms with E-state index in [2.05, 4.69) is 15.5 Å². The highest BCUT2D eigenvalue weighted by atomic mass is 16.5. The number of hydrogen-bond acceptors (Lipinski definition) is 6. The van der Waals surface area contributed by atoms with E-state index >= 15 is 0 Å². The molecule has 0 saturated carbocycles. The van der Waals surface area contributed by atoms with E-state index in [0.717, 1.165) is 31.6 Å². The molecule has 0 aliphatic rings. The maximum absolute atomic E-state index is 5.81. The van der Waals surface area contributed by atoms with Crippen molar-refractivity contribution < 1.29 is 9.47 Å². The standard InChI is InChI=1S/C13H19N5O2/c1-19-8-4-3-7-18-13(15-16-17-18)10-5-6-11(14)12(9-10)20-2/h5-6,9H,3-4,7-8,14H2,1-2H3. The van der Waals surface area contributed by atoms with Crippen LogP contribution in [0, 0.1) is 0 Å². The second-order valence-electron chi connectivity index (χ2n) is 4.38. The van der Waals surface area contributed by atoms with Gasteiger partial charge in [-0.1, -0.05) is 0 Å². The molecule has 1 aromatic carbocycles. The average Bonchev–Trinajstić information content (AvgIpc) is 2.92. The Labute approximate surface area is 117 Å². The molecular formula is C13H19N5O2. The van der Waals surface area contributed by atoms with Gasteiger partial charge in [-0.2, -0.15) is 0 Å². The minimum absolute atomic E-state index is 0.593. The average molecular weight is 277 g/mol. The number of unbranched alkanes of at least 4 members (excludes halogenated alkanes) is 1. The summed E-state index contributed by atoms with van der Waals surface area (Å²) < 4.78 is 12.0. The highest BCUT2D eigenvalue weighted by Crippen LogP contribution is 2.27. The van der Waals surface area contributed by atoms with E-state index in [9.17, 15) is 0 Å². The largest absolute Gasteiger partial charge is 0.495 e. The van der Waals surface area contributed by atoms with Crippen molar-refractivity contribution in [3.63, 3.8) is 0 Å². The van der Waals surface area contributed by atoms with Gasteiger partial charge in [0.25, 0.3) is 0 Å². The van der Waals surface area contributed by atoms with E-state index in [4.69, 9.17) is 15.2 Å². The number of aryl methyl sites for hydroxylation is 1. The fraction of sp³-hybridized carbons (Fsp3) is 0.462. The van der Waals surface area contributed by atoms with Gasteiger partial charge in [0.05, 0.1) is 12.8 Å². The Bertz CT molecular complexity index is 555. The third-order valence-electron chi connectivity index (χ3n) is 2.99. The first-order valence-corrected chi connectivity index (χ1v) is 6.45. The van der Waals surface area contributed by atoms with Gasteiger partial charge in [-0.05, 0) is 41.5 Å². The number of nitrogens with zero attached hydrogens (tertiary/aromatic N) is 4. The minimum atomic E-state index is 0.593. The molecule has 2 rings (SSSR count). The number of aromatic nitrogens is 4. The zero-order valence-corrected chi connectivity index (χ0v) is 11.7. The normalized spacial score (nSPS) is 10.7. The molecule has 0 bridgehead atoms. The molecule has 1 aromatic heterocycles. The maximum Gasteiger partial charge on any atom is 0.182 e. The van der Waals surface area contributed by atoms with Gasteiger partial charge in [0.2, 0.25) is 0 Å². The predicted octanol–water partition coefficient (Wildman–Crippen LogP) is 1.36. The number of methoxy groups -OCH3 is 2. The molecule has 0 amide bonds. The fourth-order valence-electron chi connectivity index (χ4n) is 1.92. The number of nitrogens with two attached hydrogens (primary N) is 1. The van der Waals surface area contributed by atoms with Crippen molar-refractivity contribution in [3.8, 4) is 17.1 Å². The first kappa shape index (κ1) is 14.3. The van der Waals surface area contributed by atoms with Crippen molar-refractivity contribution in [2.75, 3.05) is 26.6 Å². The van der Waals surface area contributed by atoms with Gasteiger partial charge in [0.15, 0.2) is 5.82 Å². The van der Waals surface area contributed by atoms with Gasteiger partial charge >= 0.3 is 0 Å². The molecule has 0 radical (unpaired) electrons. The zero-order chi connectivity index (χ0) is 14.4. The molecule has 0 fully saturated rings. The molecule has 0 unspecified atom stereocenters. The summed E-state index contributed by atoms with van der Waals surface area (Å²) in [5, 5.41) is 11.8. The van der Waals surface area contributed by atoms with E-state index in [1.807, 2.05) is 12.1 Å². The molecule has 1 heterocycles. The van der Waals surface area contributed by atoms with Crippen LogP contribution in [0.4, 0.5) is 5.69 Å². The van der Waals surface area contributed by atoms with Gasteiger partial charge in [0.1, 0.15) is 5.75 Å². The lowest BCUT2D eigenvalue weighted by atomic mass is 10.1. The Hall–Kier alpha value is -2.15. The van der Waals surface area contributed by atoms with Gasteiger partial charge in [0, 0.05) is 25.8 Å². The Balaban J connectivity index is 2.14. The predicted molar refractivity (Wildman–Crippen MR) is 75.3 cm³/mol. The lowest BCUT2D eigenvalue weighted by molar-refractivity contribution is 0.191. The molecule has 2 N–H and O–H groups in total. The van der Waals surface area contributed by atoms with Gasteiger partial charge < -0.3 is 15.2 Å². The topological polar surface area (TPSA) is 88.1 Å². The van der Waals surface area contributed by atoms with Gasteiger partial charge in [-0.15, -0.1) is 5.10 Å². The van der Waals surface area contributed by atoms with Gasteiger partial charge in [-0.25, -0.2) is 4.68 Å². The van der Waals surface area contributed by atoms with E-state index in [-0.39, 0.29) is 0 Å². The Kier molecular flexibility index (Phi) is 4.89. The number of anilines is 1. The van der Waals surface area contributed by atoms with Crippen LogP contribution in [0.5, 0.6) is 5.75 Å². The number of hydrogen-bond donors (Lipinski definition) is 1. The number of benzene rings is 1. The van der Waals surface area contributed by atoms with E-state index in [0.29, 0.717) is 17.3 Å². The van der Waals surface area contributed by atoms with E-state index in [1.54, 1.807) is 25.0 Å². The van der Waals surface area contributed by atoms with Crippen molar-refractivity contribution in [2.24, 2.45) is 0 Å². The van der Waals surface area contributed by atoms with Crippen LogP contribution in [0.15, 0.2) is 18.2 Å². The summed E-state index contributed by atoms with van der Waals surface area (Å²) in [4.78, 5) is 0. The maximum atomic E-state index is 5.81. The van der Waals surface area contributed by atoms with Crippen LogP contribution >= 0.6 is 0 Å². The van der Waals surface area contributed by atoms with Crippen LogP contribution in [0.3, 0.4) is 0 Å². The number of nitrogen functional groups attached to an aromatic ring is 1. The minimum Gasteiger partial charge on any atom is -0.495 e. The SMILES string of the molecule is COCCCCn1nnnc1-c1ccc(N)c(OC)c1. The first-order valence-electron chi connectivity index (χ1n) is 6.45. The summed E-state index contributed by atoms with van der Waals surface area (Å²) in [7, 11) is 3.28. The van der Waals surface area contributed by atoms with Crippen molar-refractivity contribution in [1.29, 1.82) is 0 Å². The third kappa shape index (κ3) is 3.24. The highest BCUT2D eigenvalue weighted by Gasteiger charge is 2.11. The lowest BCUT2D eigenvalue weighted by Crippen LogP contribution is -2.04. The van der Waals surface area contributed by atoms with Crippen molar-refractivity contribution in [2.45, 2.75) is 19.4 Å². The molecule has 2 aromatic rings. The van der Waals surface area contributed by atoms with Crippen LogP contribution in [0.1, 0.15) is 12.8 Å². The van der Waals surface area contributed by atoms with Crippen molar-refractivity contribution in [1.82, 2.24) is 20.2 Å². The first-order chi connectivity index (χ1) is 9.76.